The van der Waals surface area contributed by atoms with Gasteiger partial charge in [0.25, 0.3) is 0 Å². The highest BCUT2D eigenvalue weighted by Gasteiger charge is 2.47. The van der Waals surface area contributed by atoms with Gasteiger partial charge in [-0.2, -0.15) is 0 Å². The van der Waals surface area contributed by atoms with Crippen LogP contribution in [0, 0.1) is 27.6 Å². The zero-order chi connectivity index (χ0) is 19.6. The van der Waals surface area contributed by atoms with Crippen LogP contribution < -0.4 is 0 Å². The number of hydrogen-bond acceptors (Lipinski definition) is 2. The molecule has 1 saturated carbocycles. The maximum Gasteiger partial charge on any atom is 0.0988 e. The third kappa shape index (κ3) is 5.47. The first kappa shape index (κ1) is 22.2. The third-order valence-corrected chi connectivity index (χ3v) is 8.02. The molecule has 0 spiro atoms. The Hall–Kier alpha value is -0.0800. The Kier molecular flexibility index (Phi) is 6.93. The quantitative estimate of drug-likeness (QED) is 0.510. The molecule has 2 unspecified atom stereocenters. The highest BCUT2D eigenvalue weighted by Crippen LogP contribution is 2.53. The van der Waals surface area contributed by atoms with Crippen LogP contribution in [-0.2, 0) is 4.74 Å². The smallest absolute Gasteiger partial charge is 0.0988 e. The molecular weight excluding hydrogens is 318 g/mol. The molecule has 2 rings (SSSR count). The number of hydrogen-bond donors (Lipinski definition) is 0. The fourth-order valence-electron chi connectivity index (χ4n) is 5.71. The van der Waals surface area contributed by atoms with Gasteiger partial charge in [0.05, 0.1) is 13.3 Å². The summed E-state index contributed by atoms with van der Waals surface area (Å²) in [5, 5.41) is 0. The Balaban J connectivity index is 2.35. The van der Waals surface area contributed by atoms with Gasteiger partial charge in [0.2, 0.25) is 0 Å². The van der Waals surface area contributed by atoms with Crippen LogP contribution in [0.2, 0.25) is 0 Å². The molecule has 1 aliphatic heterocycles. The molecule has 1 saturated heterocycles. The van der Waals surface area contributed by atoms with Gasteiger partial charge in [0, 0.05) is 6.54 Å². The maximum absolute atomic E-state index is 6.13. The van der Waals surface area contributed by atoms with Crippen LogP contribution >= 0.6 is 0 Å². The third-order valence-electron chi connectivity index (χ3n) is 8.02. The van der Waals surface area contributed by atoms with Crippen LogP contribution in [0.1, 0.15) is 99.8 Å². The van der Waals surface area contributed by atoms with Crippen molar-refractivity contribution in [1.82, 2.24) is 4.90 Å². The van der Waals surface area contributed by atoms with E-state index in [-0.39, 0.29) is 10.8 Å². The lowest BCUT2D eigenvalue weighted by molar-refractivity contribution is -0.0356. The molecule has 0 N–H and O–H groups in total. The van der Waals surface area contributed by atoms with Crippen molar-refractivity contribution in [3.8, 4) is 0 Å². The van der Waals surface area contributed by atoms with E-state index in [0.717, 1.165) is 25.8 Å². The summed E-state index contributed by atoms with van der Waals surface area (Å²) in [6.07, 6.45) is 11.2. The molecule has 0 aromatic carbocycles. The Morgan fingerprint density at radius 2 is 1.50 bits per heavy atom. The van der Waals surface area contributed by atoms with E-state index < -0.39 is 0 Å². The molecule has 2 aliphatic rings. The lowest BCUT2D eigenvalue weighted by Gasteiger charge is -2.50. The van der Waals surface area contributed by atoms with Crippen LogP contribution in [0.15, 0.2) is 0 Å². The monoisotopic (exact) mass is 365 g/mol. The predicted octanol–water partition coefficient (Wildman–Crippen LogP) is 6.74. The van der Waals surface area contributed by atoms with Crippen molar-refractivity contribution in [2.45, 2.75) is 99.8 Å². The zero-order valence-corrected chi connectivity index (χ0v) is 19.2. The second-order valence-electron chi connectivity index (χ2n) is 12.1. The van der Waals surface area contributed by atoms with Crippen LogP contribution in [0.3, 0.4) is 0 Å². The normalized spacial score (nSPS) is 36.7. The molecule has 0 radical (unpaired) electrons. The summed E-state index contributed by atoms with van der Waals surface area (Å²) in [5.74, 6) is 0.811. The first-order valence-electron chi connectivity index (χ1n) is 11.1. The van der Waals surface area contributed by atoms with Crippen LogP contribution in [0.4, 0.5) is 0 Å². The Bertz CT molecular complexity index is 453. The first-order chi connectivity index (χ1) is 11.9. The number of nitrogens with zero attached hydrogens (tertiary/aromatic N) is 1. The molecule has 154 valence electrons. The molecule has 0 aromatic rings. The first-order valence-corrected chi connectivity index (χ1v) is 11.1. The largest absolute Gasteiger partial charge is 0.366 e. The van der Waals surface area contributed by atoms with Crippen molar-refractivity contribution >= 4 is 0 Å². The molecule has 2 heteroatoms. The lowest BCUT2D eigenvalue weighted by atomic mass is 9.56. The van der Waals surface area contributed by atoms with E-state index in [0.29, 0.717) is 10.8 Å². The summed E-state index contributed by atoms with van der Waals surface area (Å²) in [4.78, 5) is 2.44. The SMILES string of the molecule is CN1COCC(C)(C)C(C)(C)CC(C)(C2CCCCCCC(C)(C)C2)C1. The molecular formula is C24H47NO. The van der Waals surface area contributed by atoms with Gasteiger partial charge in [0.1, 0.15) is 0 Å². The van der Waals surface area contributed by atoms with Crippen molar-refractivity contribution in [3.05, 3.63) is 0 Å². The molecule has 2 atom stereocenters. The van der Waals surface area contributed by atoms with Gasteiger partial charge in [-0.05, 0) is 60.3 Å². The van der Waals surface area contributed by atoms with E-state index in [4.69, 9.17) is 4.74 Å². The van der Waals surface area contributed by atoms with Gasteiger partial charge >= 0.3 is 0 Å². The van der Waals surface area contributed by atoms with E-state index in [1.54, 1.807) is 0 Å². The lowest BCUT2D eigenvalue weighted by Crippen LogP contribution is -2.45. The van der Waals surface area contributed by atoms with Crippen molar-refractivity contribution < 1.29 is 4.74 Å². The molecule has 0 bridgehead atoms. The van der Waals surface area contributed by atoms with Crippen molar-refractivity contribution in [2.75, 3.05) is 26.9 Å². The number of rotatable bonds is 1. The van der Waals surface area contributed by atoms with E-state index in [9.17, 15) is 0 Å². The van der Waals surface area contributed by atoms with Crippen molar-refractivity contribution in [2.24, 2.45) is 27.6 Å². The summed E-state index contributed by atoms with van der Waals surface area (Å²) >= 11 is 0. The Morgan fingerprint density at radius 1 is 0.846 bits per heavy atom. The van der Waals surface area contributed by atoms with Crippen molar-refractivity contribution in [1.29, 1.82) is 0 Å². The summed E-state index contributed by atoms with van der Waals surface area (Å²) in [5.41, 5.74) is 1.30. The highest BCUT2D eigenvalue weighted by atomic mass is 16.5. The molecule has 26 heavy (non-hydrogen) atoms. The minimum Gasteiger partial charge on any atom is -0.366 e. The summed E-state index contributed by atoms with van der Waals surface area (Å²) in [6.45, 7) is 20.2. The van der Waals surface area contributed by atoms with E-state index in [1.807, 2.05) is 0 Å². The number of ether oxygens (including phenoxy) is 1. The van der Waals surface area contributed by atoms with Gasteiger partial charge in [-0.25, -0.2) is 0 Å². The fraction of sp³-hybridized carbons (Fsp3) is 1.00. The minimum atomic E-state index is 0.202. The molecule has 2 nitrogen and oxygen atoms in total. The summed E-state index contributed by atoms with van der Waals surface area (Å²) in [6, 6.07) is 0. The fourth-order valence-corrected chi connectivity index (χ4v) is 5.71. The van der Waals surface area contributed by atoms with Crippen LogP contribution in [0.5, 0.6) is 0 Å². The highest BCUT2D eigenvalue weighted by molar-refractivity contribution is 4.97. The molecule has 0 amide bonds. The zero-order valence-electron chi connectivity index (χ0n) is 19.2. The molecule has 1 heterocycles. The van der Waals surface area contributed by atoms with E-state index >= 15 is 0 Å². The average molecular weight is 366 g/mol. The second kappa shape index (κ2) is 8.11. The topological polar surface area (TPSA) is 12.5 Å². The van der Waals surface area contributed by atoms with Gasteiger partial charge in [-0.3, -0.25) is 4.90 Å². The van der Waals surface area contributed by atoms with Gasteiger partial charge < -0.3 is 4.74 Å². The molecule has 2 fully saturated rings. The molecule has 1 aliphatic carbocycles. The standard InChI is InChI=1S/C24H47NO/c1-21(2)14-12-10-9-11-13-20(15-21)24(7)16-22(3,4)23(5,6)18-26-19-25(8)17-24/h20H,9-19H2,1-8H3. The van der Waals surface area contributed by atoms with Crippen LogP contribution in [0.25, 0.3) is 0 Å². The van der Waals surface area contributed by atoms with Crippen molar-refractivity contribution in [3.63, 3.8) is 0 Å². The predicted molar refractivity (Wildman–Crippen MR) is 113 cm³/mol. The van der Waals surface area contributed by atoms with E-state index in [2.05, 4.69) is 60.4 Å². The second-order valence-corrected chi connectivity index (χ2v) is 12.1. The van der Waals surface area contributed by atoms with Crippen LogP contribution in [-0.4, -0.2) is 31.8 Å². The van der Waals surface area contributed by atoms with Gasteiger partial charge in [0.15, 0.2) is 0 Å². The summed E-state index contributed by atoms with van der Waals surface area (Å²) < 4.78 is 6.13. The van der Waals surface area contributed by atoms with Gasteiger partial charge in [-0.15, -0.1) is 0 Å². The van der Waals surface area contributed by atoms with E-state index in [1.165, 1.54) is 51.4 Å². The average Bonchev–Trinajstić information content (AvgIpc) is 2.57. The Labute approximate surface area is 164 Å². The van der Waals surface area contributed by atoms with Gasteiger partial charge in [-0.1, -0.05) is 74.1 Å². The summed E-state index contributed by atoms with van der Waals surface area (Å²) in [7, 11) is 2.25. The Morgan fingerprint density at radius 3 is 2.19 bits per heavy atom. The molecule has 0 aromatic heterocycles. The maximum atomic E-state index is 6.13. The minimum absolute atomic E-state index is 0.202.